The van der Waals surface area contributed by atoms with Crippen LogP contribution in [-0.2, 0) is 20.9 Å². The highest BCUT2D eigenvalue weighted by Crippen LogP contribution is 2.21. The highest BCUT2D eigenvalue weighted by Gasteiger charge is 2.19. The molecule has 1 aliphatic rings. The van der Waals surface area contributed by atoms with E-state index in [4.69, 9.17) is 4.74 Å². The molecule has 0 bridgehead atoms. The van der Waals surface area contributed by atoms with Crippen molar-refractivity contribution < 1.29 is 14.3 Å². The van der Waals surface area contributed by atoms with Crippen molar-refractivity contribution in [2.45, 2.75) is 52.6 Å². The molecule has 2 rings (SSSR count). The number of nitrogens with zero attached hydrogens (tertiary/aromatic N) is 2. The molecule has 1 saturated heterocycles. The van der Waals surface area contributed by atoms with Crippen LogP contribution in [-0.4, -0.2) is 43.0 Å². The number of hydrogen-bond donors (Lipinski definition) is 0. The van der Waals surface area contributed by atoms with Gasteiger partial charge in [0.2, 0.25) is 5.91 Å². The predicted octanol–water partition coefficient (Wildman–Crippen LogP) is 3.37. The van der Waals surface area contributed by atoms with Gasteiger partial charge in [-0.3, -0.25) is 9.59 Å². The first kappa shape index (κ1) is 19.3. The number of esters is 1. The smallest absolute Gasteiger partial charge is 0.325 e. The molecule has 0 N–H and O–H groups in total. The lowest BCUT2D eigenvalue weighted by Crippen LogP contribution is -2.37. The maximum Gasteiger partial charge on any atom is 0.325 e. The first-order valence-corrected chi connectivity index (χ1v) is 9.42. The summed E-state index contributed by atoms with van der Waals surface area (Å²) in [6.45, 7) is 7.00. The summed E-state index contributed by atoms with van der Waals surface area (Å²) in [7, 11) is 0. The van der Waals surface area contributed by atoms with Crippen LogP contribution >= 0.6 is 0 Å². The van der Waals surface area contributed by atoms with E-state index in [1.165, 1.54) is 0 Å². The summed E-state index contributed by atoms with van der Waals surface area (Å²) in [6, 6.07) is 8.00. The fourth-order valence-electron chi connectivity index (χ4n) is 3.25. The summed E-state index contributed by atoms with van der Waals surface area (Å²) in [4.78, 5) is 28.2. The third-order valence-electron chi connectivity index (χ3n) is 4.73. The van der Waals surface area contributed by atoms with Crippen molar-refractivity contribution in [2.24, 2.45) is 0 Å². The van der Waals surface area contributed by atoms with Crippen LogP contribution in [0.4, 0.5) is 5.69 Å². The first-order chi connectivity index (χ1) is 12.2. The number of likely N-dealkylation sites (tertiary alicyclic amines) is 1. The lowest BCUT2D eigenvalue weighted by molar-refractivity contribution is -0.150. The molecule has 0 atom stereocenters. The minimum absolute atomic E-state index is 0.0618. The average molecular weight is 346 g/mol. The van der Waals surface area contributed by atoms with Crippen molar-refractivity contribution in [3.05, 3.63) is 29.8 Å². The molecule has 138 valence electrons. The van der Waals surface area contributed by atoms with Crippen molar-refractivity contribution in [1.82, 2.24) is 4.90 Å². The molecule has 0 aromatic heterocycles. The van der Waals surface area contributed by atoms with Gasteiger partial charge in [-0.05, 0) is 32.8 Å². The molecule has 1 fully saturated rings. The molecule has 1 aliphatic heterocycles. The van der Waals surface area contributed by atoms with Gasteiger partial charge in [0.1, 0.15) is 13.2 Å². The van der Waals surface area contributed by atoms with Crippen LogP contribution in [0.1, 0.15) is 51.5 Å². The van der Waals surface area contributed by atoms with Gasteiger partial charge in [0.15, 0.2) is 0 Å². The Hall–Kier alpha value is -2.04. The monoisotopic (exact) mass is 346 g/mol. The normalized spacial score (nSPS) is 15.4. The maximum atomic E-state index is 12.2. The second-order valence-electron chi connectivity index (χ2n) is 6.44. The lowest BCUT2D eigenvalue weighted by Gasteiger charge is -2.25. The zero-order chi connectivity index (χ0) is 18.1. The summed E-state index contributed by atoms with van der Waals surface area (Å²) >= 11 is 0. The molecule has 5 nitrogen and oxygen atoms in total. The Morgan fingerprint density at radius 2 is 1.84 bits per heavy atom. The van der Waals surface area contributed by atoms with Crippen molar-refractivity contribution >= 4 is 17.6 Å². The summed E-state index contributed by atoms with van der Waals surface area (Å²) < 4.78 is 5.47. The molecular formula is C20H30N2O3. The number of carbonyl (C=O) groups excluding carboxylic acids is 2. The van der Waals surface area contributed by atoms with E-state index in [2.05, 4.69) is 24.8 Å². The van der Waals surface area contributed by atoms with Gasteiger partial charge in [0, 0.05) is 37.3 Å². The van der Waals surface area contributed by atoms with Gasteiger partial charge < -0.3 is 14.5 Å². The first-order valence-electron chi connectivity index (χ1n) is 9.42. The second-order valence-corrected chi connectivity index (χ2v) is 6.44. The SMILES string of the molecule is CCN(CC)c1ccccc1COC(=O)CN1CCCCCCC1=O. The third-order valence-corrected chi connectivity index (χ3v) is 4.73. The van der Waals surface area contributed by atoms with Crippen molar-refractivity contribution in [2.75, 3.05) is 31.1 Å². The van der Waals surface area contributed by atoms with E-state index >= 15 is 0 Å². The number of amides is 1. The van der Waals surface area contributed by atoms with Gasteiger partial charge in [0.05, 0.1) is 0 Å². The Morgan fingerprint density at radius 3 is 2.60 bits per heavy atom. The number of benzene rings is 1. The molecule has 0 unspecified atom stereocenters. The molecule has 0 spiro atoms. The number of anilines is 1. The number of para-hydroxylation sites is 1. The van der Waals surface area contributed by atoms with Gasteiger partial charge in [0.25, 0.3) is 0 Å². The molecule has 1 heterocycles. The average Bonchev–Trinajstić information content (AvgIpc) is 2.62. The van der Waals surface area contributed by atoms with E-state index in [0.717, 1.165) is 50.0 Å². The Bertz CT molecular complexity index is 570. The minimum Gasteiger partial charge on any atom is -0.459 e. The zero-order valence-corrected chi connectivity index (χ0v) is 15.5. The lowest BCUT2D eigenvalue weighted by atomic mass is 10.1. The number of ether oxygens (including phenoxy) is 1. The molecule has 5 heteroatoms. The van der Waals surface area contributed by atoms with E-state index < -0.39 is 0 Å². The van der Waals surface area contributed by atoms with Crippen molar-refractivity contribution in [3.63, 3.8) is 0 Å². The molecule has 0 aliphatic carbocycles. The molecule has 1 amide bonds. The molecule has 25 heavy (non-hydrogen) atoms. The van der Waals surface area contributed by atoms with Gasteiger partial charge in [-0.2, -0.15) is 0 Å². The van der Waals surface area contributed by atoms with Crippen LogP contribution in [0, 0.1) is 0 Å². The third kappa shape index (κ3) is 5.76. The maximum absolute atomic E-state index is 12.2. The topological polar surface area (TPSA) is 49.9 Å². The minimum atomic E-state index is -0.330. The van der Waals surface area contributed by atoms with E-state index in [9.17, 15) is 9.59 Å². The zero-order valence-electron chi connectivity index (χ0n) is 15.5. The quantitative estimate of drug-likeness (QED) is 0.710. The van der Waals surface area contributed by atoms with E-state index in [0.29, 0.717) is 13.0 Å². The summed E-state index contributed by atoms with van der Waals surface area (Å²) in [5.74, 6) is -0.261. The number of carbonyl (C=O) groups is 2. The van der Waals surface area contributed by atoms with Crippen LogP contribution in [0.3, 0.4) is 0 Å². The molecular weight excluding hydrogens is 316 g/mol. The molecule has 0 saturated carbocycles. The molecule has 0 radical (unpaired) electrons. The Balaban J connectivity index is 1.92. The molecule has 1 aromatic carbocycles. The van der Waals surface area contributed by atoms with Crippen LogP contribution in [0.25, 0.3) is 0 Å². The number of rotatable bonds is 7. The Kier molecular flexibility index (Phi) is 7.76. The standard InChI is InChI=1S/C20H30N2O3/c1-3-21(4-2)18-12-9-8-11-17(18)16-25-20(24)15-22-14-10-6-5-7-13-19(22)23/h8-9,11-12H,3-7,10,13-16H2,1-2H3. The van der Waals surface area contributed by atoms with E-state index in [1.807, 2.05) is 18.2 Å². The van der Waals surface area contributed by atoms with E-state index in [1.54, 1.807) is 4.90 Å². The number of hydrogen-bond acceptors (Lipinski definition) is 4. The summed E-state index contributed by atoms with van der Waals surface area (Å²) in [5.41, 5.74) is 2.10. The van der Waals surface area contributed by atoms with Crippen LogP contribution in [0.15, 0.2) is 24.3 Å². The highest BCUT2D eigenvalue weighted by atomic mass is 16.5. The predicted molar refractivity (Wildman–Crippen MR) is 99.5 cm³/mol. The van der Waals surface area contributed by atoms with Crippen LogP contribution in [0.5, 0.6) is 0 Å². The highest BCUT2D eigenvalue weighted by molar-refractivity contribution is 5.82. The van der Waals surface area contributed by atoms with E-state index in [-0.39, 0.29) is 25.0 Å². The van der Waals surface area contributed by atoms with Crippen LogP contribution in [0.2, 0.25) is 0 Å². The van der Waals surface area contributed by atoms with Crippen LogP contribution < -0.4 is 4.90 Å². The van der Waals surface area contributed by atoms with Gasteiger partial charge in [-0.25, -0.2) is 0 Å². The van der Waals surface area contributed by atoms with Gasteiger partial charge in [-0.15, -0.1) is 0 Å². The van der Waals surface area contributed by atoms with Crippen molar-refractivity contribution in [1.29, 1.82) is 0 Å². The second kappa shape index (κ2) is 10.1. The summed E-state index contributed by atoms with van der Waals surface area (Å²) in [6.07, 6.45) is 4.64. The Labute approximate surface area is 150 Å². The fourth-order valence-corrected chi connectivity index (χ4v) is 3.25. The summed E-state index contributed by atoms with van der Waals surface area (Å²) in [5, 5.41) is 0. The van der Waals surface area contributed by atoms with Gasteiger partial charge >= 0.3 is 5.97 Å². The van der Waals surface area contributed by atoms with Gasteiger partial charge in [-0.1, -0.05) is 31.0 Å². The fraction of sp³-hybridized carbons (Fsp3) is 0.600. The largest absolute Gasteiger partial charge is 0.459 e. The van der Waals surface area contributed by atoms with Crippen molar-refractivity contribution in [3.8, 4) is 0 Å². The molecule has 1 aromatic rings. The Morgan fingerprint density at radius 1 is 1.12 bits per heavy atom.